The average molecular weight is 256 g/mol. The predicted molar refractivity (Wildman–Crippen MR) is 80.2 cm³/mol. The van der Waals surface area contributed by atoms with Gasteiger partial charge in [-0.2, -0.15) is 0 Å². The summed E-state index contributed by atoms with van der Waals surface area (Å²) >= 11 is 0. The molecule has 0 bridgehead atoms. The molecular formula is C16H20N2O. The molecule has 0 amide bonds. The number of rotatable bonds is 2. The summed E-state index contributed by atoms with van der Waals surface area (Å²) < 4.78 is 0. The minimum Gasteiger partial charge on any atom is -0.630 e. The Morgan fingerprint density at radius 3 is 2.16 bits per heavy atom. The van der Waals surface area contributed by atoms with Gasteiger partial charge in [0.15, 0.2) is 5.69 Å². The maximum atomic E-state index is 11.3. The van der Waals surface area contributed by atoms with Crippen molar-refractivity contribution in [3.63, 3.8) is 0 Å². The first-order chi connectivity index (χ1) is 8.99. The first-order valence-electron chi connectivity index (χ1n) is 6.39. The van der Waals surface area contributed by atoms with Gasteiger partial charge >= 0.3 is 0 Å². The van der Waals surface area contributed by atoms with Crippen LogP contribution in [0, 0.1) is 32.9 Å². The summed E-state index contributed by atoms with van der Waals surface area (Å²) in [6, 6.07) is 8.12. The molecule has 3 nitrogen and oxygen atoms in total. The Bertz CT molecular complexity index is 633. The van der Waals surface area contributed by atoms with Crippen LogP contribution in [0.15, 0.2) is 24.3 Å². The van der Waals surface area contributed by atoms with Crippen molar-refractivity contribution in [2.75, 3.05) is 5.73 Å². The lowest BCUT2D eigenvalue weighted by atomic mass is 9.89. The van der Waals surface area contributed by atoms with Crippen LogP contribution in [-0.2, 0) is 0 Å². The highest BCUT2D eigenvalue weighted by Gasteiger charge is 2.18. The van der Waals surface area contributed by atoms with Crippen LogP contribution >= 0.6 is 0 Å². The monoisotopic (exact) mass is 256 g/mol. The van der Waals surface area contributed by atoms with Crippen LogP contribution in [0.25, 0.3) is 11.1 Å². The molecule has 0 aliphatic heterocycles. The summed E-state index contributed by atoms with van der Waals surface area (Å²) in [5, 5.41) is 11.3. The van der Waals surface area contributed by atoms with Gasteiger partial charge in [-0.3, -0.25) is 0 Å². The maximum Gasteiger partial charge on any atom is 0.156 e. The number of quaternary nitrogens is 1. The van der Waals surface area contributed by atoms with Crippen molar-refractivity contribution in [3.05, 3.63) is 51.7 Å². The molecule has 3 heteroatoms. The van der Waals surface area contributed by atoms with Crippen LogP contribution in [0.2, 0.25) is 0 Å². The Hall–Kier alpha value is -1.84. The van der Waals surface area contributed by atoms with Crippen molar-refractivity contribution in [2.24, 2.45) is 0 Å². The van der Waals surface area contributed by atoms with Crippen molar-refractivity contribution >= 4 is 11.4 Å². The zero-order valence-corrected chi connectivity index (χ0v) is 11.9. The number of anilines is 1. The van der Waals surface area contributed by atoms with Gasteiger partial charge in [0, 0.05) is 11.1 Å². The molecule has 0 saturated heterocycles. The smallest absolute Gasteiger partial charge is 0.156 e. The van der Waals surface area contributed by atoms with E-state index in [1.165, 1.54) is 0 Å². The number of hydrogen-bond acceptors (Lipinski definition) is 2. The van der Waals surface area contributed by atoms with E-state index in [-0.39, 0.29) is 0 Å². The molecule has 2 aromatic carbocycles. The Morgan fingerprint density at radius 1 is 0.947 bits per heavy atom. The lowest BCUT2D eigenvalue weighted by molar-refractivity contribution is -0.496. The Morgan fingerprint density at radius 2 is 1.58 bits per heavy atom. The zero-order valence-electron chi connectivity index (χ0n) is 11.9. The fraction of sp³-hybridized carbons (Fsp3) is 0.250. The molecule has 19 heavy (non-hydrogen) atoms. The lowest BCUT2D eigenvalue weighted by Crippen LogP contribution is -2.71. The van der Waals surface area contributed by atoms with Crippen molar-refractivity contribution in [2.45, 2.75) is 27.7 Å². The molecule has 100 valence electrons. The van der Waals surface area contributed by atoms with E-state index < -0.39 is 0 Å². The second-order valence-electron chi connectivity index (χ2n) is 5.01. The van der Waals surface area contributed by atoms with E-state index in [0.717, 1.165) is 38.9 Å². The molecule has 0 aliphatic rings. The van der Waals surface area contributed by atoms with E-state index in [0.29, 0.717) is 11.4 Å². The van der Waals surface area contributed by atoms with Gasteiger partial charge in [0.1, 0.15) is 5.69 Å². The van der Waals surface area contributed by atoms with Gasteiger partial charge in [0.05, 0.1) is 0 Å². The number of nitrogen functional groups attached to an aromatic ring is 1. The Kier molecular flexibility index (Phi) is 3.60. The minimum absolute atomic E-state index is 0.588. The molecule has 0 aromatic heterocycles. The second-order valence-corrected chi connectivity index (χ2v) is 5.01. The third-order valence-electron chi connectivity index (χ3n) is 4.00. The molecule has 2 rings (SSSR count). The number of benzene rings is 2. The molecule has 0 spiro atoms. The van der Waals surface area contributed by atoms with Gasteiger partial charge in [-0.25, -0.2) is 0 Å². The van der Waals surface area contributed by atoms with Crippen LogP contribution in [-0.4, -0.2) is 0 Å². The van der Waals surface area contributed by atoms with Crippen LogP contribution in [0.4, 0.5) is 11.4 Å². The van der Waals surface area contributed by atoms with E-state index >= 15 is 0 Å². The van der Waals surface area contributed by atoms with E-state index in [4.69, 9.17) is 5.73 Å². The van der Waals surface area contributed by atoms with Gasteiger partial charge in [0.25, 0.3) is 0 Å². The van der Waals surface area contributed by atoms with Crippen LogP contribution in [0.3, 0.4) is 0 Å². The van der Waals surface area contributed by atoms with E-state index in [9.17, 15) is 5.21 Å². The highest BCUT2D eigenvalue weighted by atomic mass is 16.5. The first-order valence-corrected chi connectivity index (χ1v) is 6.39. The first kappa shape index (κ1) is 13.6. The molecule has 2 aromatic rings. The highest BCUT2D eigenvalue weighted by molar-refractivity contribution is 5.88. The molecular weight excluding hydrogens is 236 g/mol. The number of nitrogens with two attached hydrogens (primary N) is 2. The van der Waals surface area contributed by atoms with Gasteiger partial charge in [0.2, 0.25) is 0 Å². The van der Waals surface area contributed by atoms with E-state index in [1.54, 1.807) is 0 Å². The zero-order chi connectivity index (χ0) is 14.2. The Labute approximate surface area is 114 Å². The van der Waals surface area contributed by atoms with Crippen molar-refractivity contribution in [3.8, 4) is 11.1 Å². The molecule has 0 fully saturated rings. The van der Waals surface area contributed by atoms with Crippen LogP contribution in [0.1, 0.15) is 22.3 Å². The standard InChI is InChI=1S/C16H20N2O/c1-9-7-5-6-8-13(9)14-11(3)10(2)12(4)16(18-19)15(14)17/h5-8H,17-18H2,1-4H3. The quantitative estimate of drug-likeness (QED) is 0.641. The summed E-state index contributed by atoms with van der Waals surface area (Å²) in [5.74, 6) is 0. The third-order valence-corrected chi connectivity index (χ3v) is 4.00. The van der Waals surface area contributed by atoms with Crippen LogP contribution in [0.5, 0.6) is 0 Å². The second kappa shape index (κ2) is 5.03. The summed E-state index contributed by atoms with van der Waals surface area (Å²) in [6.07, 6.45) is 0. The largest absolute Gasteiger partial charge is 0.630 e. The SMILES string of the molecule is Cc1ccccc1-c1c(C)c(C)c(C)c([NH2+][O-])c1N. The average Bonchev–Trinajstić information content (AvgIpc) is 2.39. The number of hydrogen-bond donors (Lipinski definition) is 2. The fourth-order valence-corrected chi connectivity index (χ4v) is 2.56. The maximum absolute atomic E-state index is 11.3. The molecule has 0 aliphatic carbocycles. The van der Waals surface area contributed by atoms with Crippen LogP contribution < -0.4 is 11.2 Å². The molecule has 0 heterocycles. The van der Waals surface area contributed by atoms with Gasteiger partial charge < -0.3 is 16.4 Å². The van der Waals surface area contributed by atoms with Crippen molar-refractivity contribution < 1.29 is 5.48 Å². The predicted octanol–water partition coefficient (Wildman–Crippen LogP) is 2.86. The molecule has 0 atom stereocenters. The molecule has 0 radical (unpaired) electrons. The minimum atomic E-state index is 0.588. The van der Waals surface area contributed by atoms with Crippen molar-refractivity contribution in [1.82, 2.24) is 0 Å². The summed E-state index contributed by atoms with van der Waals surface area (Å²) in [4.78, 5) is 0. The normalized spacial score (nSPS) is 10.8. The summed E-state index contributed by atoms with van der Waals surface area (Å²) in [6.45, 7) is 8.11. The van der Waals surface area contributed by atoms with E-state index in [1.807, 2.05) is 26.0 Å². The molecule has 0 unspecified atom stereocenters. The topological polar surface area (TPSA) is 65.7 Å². The van der Waals surface area contributed by atoms with E-state index in [2.05, 4.69) is 26.0 Å². The Balaban J connectivity index is 2.85. The number of aryl methyl sites for hydroxylation is 1. The van der Waals surface area contributed by atoms with Crippen molar-refractivity contribution in [1.29, 1.82) is 0 Å². The van der Waals surface area contributed by atoms with Gasteiger partial charge in [-0.05, 0) is 49.9 Å². The summed E-state index contributed by atoms with van der Waals surface area (Å²) in [7, 11) is 0. The van der Waals surface area contributed by atoms with Gasteiger partial charge in [-0.15, -0.1) is 0 Å². The molecule has 4 N–H and O–H groups in total. The lowest BCUT2D eigenvalue weighted by Gasteiger charge is -2.20. The van der Waals surface area contributed by atoms with Gasteiger partial charge in [-0.1, -0.05) is 24.3 Å². The summed E-state index contributed by atoms with van der Waals surface area (Å²) in [5.41, 5.74) is 14.8. The fourth-order valence-electron chi connectivity index (χ4n) is 2.56. The highest BCUT2D eigenvalue weighted by Crippen LogP contribution is 2.38. The third kappa shape index (κ3) is 2.11. The molecule has 0 saturated carbocycles.